The molecule has 0 saturated heterocycles. The summed E-state index contributed by atoms with van der Waals surface area (Å²) in [4.78, 5) is 7.90. The van der Waals surface area contributed by atoms with Crippen molar-refractivity contribution in [2.45, 2.75) is 18.9 Å². The fraction of sp³-hybridized carbons (Fsp3) is 0.333. The molecule has 1 unspecified atom stereocenters. The van der Waals surface area contributed by atoms with Gasteiger partial charge in [-0.2, -0.15) is 0 Å². The van der Waals surface area contributed by atoms with E-state index in [-0.39, 0.29) is 5.92 Å². The van der Waals surface area contributed by atoms with Crippen LogP contribution < -0.4 is 4.74 Å². The fourth-order valence-electron chi connectivity index (χ4n) is 2.56. The lowest BCUT2D eigenvalue weighted by atomic mass is 9.92. The molecule has 1 aliphatic rings. The highest BCUT2D eigenvalue weighted by Crippen LogP contribution is 2.36. The number of para-hydroxylation sites is 1. The summed E-state index contributed by atoms with van der Waals surface area (Å²) in [7, 11) is 1.66. The number of rotatable bonds is 3. The maximum Gasteiger partial charge on any atom is 0.144 e. The lowest BCUT2D eigenvalue weighted by molar-refractivity contribution is 0.180. The summed E-state index contributed by atoms with van der Waals surface area (Å²) in [6.07, 6.45) is 0.878. The van der Waals surface area contributed by atoms with Gasteiger partial charge in [0.05, 0.1) is 23.4 Å². The van der Waals surface area contributed by atoms with Crippen molar-refractivity contribution in [3.63, 3.8) is 0 Å². The number of hydrogen-bond acceptors (Lipinski definition) is 4. The predicted octanol–water partition coefficient (Wildman–Crippen LogP) is 3.96. The Balaban J connectivity index is 2.08. The van der Waals surface area contributed by atoms with Crippen LogP contribution in [0.2, 0.25) is 0 Å². The molecular formula is C15H15BrN2O2S. The number of fused-ring (bicyclic) bond motifs is 1. The average molecular weight is 367 g/mol. The van der Waals surface area contributed by atoms with E-state index in [1.54, 1.807) is 7.11 Å². The van der Waals surface area contributed by atoms with Crippen LogP contribution in [-0.4, -0.2) is 23.7 Å². The van der Waals surface area contributed by atoms with Crippen molar-refractivity contribution in [1.29, 1.82) is 0 Å². The molecule has 0 bridgehead atoms. The molecular weight excluding hydrogens is 352 g/mol. The van der Waals surface area contributed by atoms with Crippen molar-refractivity contribution in [2.24, 2.45) is 0 Å². The van der Waals surface area contributed by atoms with Crippen LogP contribution in [0.4, 0.5) is 0 Å². The van der Waals surface area contributed by atoms with E-state index in [1.165, 1.54) is 0 Å². The minimum absolute atomic E-state index is 0.167. The van der Waals surface area contributed by atoms with Gasteiger partial charge in [-0.3, -0.25) is 0 Å². The van der Waals surface area contributed by atoms with Gasteiger partial charge < -0.3 is 14.5 Å². The highest BCUT2D eigenvalue weighted by atomic mass is 79.9. The summed E-state index contributed by atoms with van der Waals surface area (Å²) < 4.78 is 12.3. The minimum Gasteiger partial charge on any atom is -0.493 e. The molecule has 6 heteroatoms. The van der Waals surface area contributed by atoms with Crippen LogP contribution in [0.5, 0.6) is 5.75 Å². The number of ether oxygens (including phenoxy) is 2. The summed E-state index contributed by atoms with van der Waals surface area (Å²) in [6.45, 7) is 1.14. The number of benzene rings is 1. The van der Waals surface area contributed by atoms with E-state index in [0.717, 1.165) is 33.7 Å². The Morgan fingerprint density at radius 2 is 2.29 bits per heavy atom. The minimum atomic E-state index is 0.167. The Labute approximate surface area is 136 Å². The number of nitrogens with one attached hydrogen (secondary N) is 1. The third-order valence-corrected chi connectivity index (χ3v) is 4.94. The first-order valence-electron chi connectivity index (χ1n) is 6.70. The molecule has 0 aliphatic carbocycles. The first kappa shape index (κ1) is 14.7. The molecule has 1 aromatic heterocycles. The number of aromatic amines is 1. The molecule has 3 rings (SSSR count). The van der Waals surface area contributed by atoms with Crippen LogP contribution in [0.1, 0.15) is 29.4 Å². The standard InChI is InChI=1S/C15H15BrN2O2S/c1-19-8-11-13(16)15(21)18-14(17-11)10-6-7-20-12-5-3-2-4-9(10)12/h2-5,10H,6-8H2,1H3,(H,17,18,21). The van der Waals surface area contributed by atoms with Gasteiger partial charge in [0, 0.05) is 18.6 Å². The second kappa shape index (κ2) is 6.25. The van der Waals surface area contributed by atoms with Crippen LogP contribution in [-0.2, 0) is 11.3 Å². The van der Waals surface area contributed by atoms with Gasteiger partial charge in [0.1, 0.15) is 16.2 Å². The van der Waals surface area contributed by atoms with Crippen LogP contribution in [0.15, 0.2) is 28.7 Å². The molecule has 0 saturated carbocycles. The Morgan fingerprint density at radius 3 is 3.10 bits per heavy atom. The number of aromatic nitrogens is 2. The lowest BCUT2D eigenvalue weighted by Crippen LogP contribution is -2.18. The molecule has 0 fully saturated rings. The SMILES string of the molecule is COCc1[nH]c(C2CCOc3ccccc32)nc(=S)c1Br. The smallest absolute Gasteiger partial charge is 0.144 e. The van der Waals surface area contributed by atoms with Crippen molar-refractivity contribution in [2.75, 3.05) is 13.7 Å². The molecule has 0 radical (unpaired) electrons. The van der Waals surface area contributed by atoms with E-state index in [1.807, 2.05) is 18.2 Å². The van der Waals surface area contributed by atoms with Crippen molar-refractivity contribution in [1.82, 2.24) is 9.97 Å². The maximum atomic E-state index is 5.71. The Hall–Kier alpha value is -1.24. The lowest BCUT2D eigenvalue weighted by Gasteiger charge is -2.25. The van der Waals surface area contributed by atoms with E-state index < -0.39 is 0 Å². The summed E-state index contributed by atoms with van der Waals surface area (Å²) in [5.74, 6) is 1.96. The fourth-order valence-corrected chi connectivity index (χ4v) is 3.08. The zero-order valence-corrected chi connectivity index (χ0v) is 14.0. The first-order valence-corrected chi connectivity index (χ1v) is 7.90. The van der Waals surface area contributed by atoms with E-state index in [9.17, 15) is 0 Å². The van der Waals surface area contributed by atoms with E-state index >= 15 is 0 Å². The molecule has 0 spiro atoms. The van der Waals surface area contributed by atoms with E-state index in [4.69, 9.17) is 21.7 Å². The highest BCUT2D eigenvalue weighted by molar-refractivity contribution is 9.10. The number of methoxy groups -OCH3 is 1. The van der Waals surface area contributed by atoms with Crippen molar-refractivity contribution < 1.29 is 9.47 Å². The second-order valence-electron chi connectivity index (χ2n) is 4.88. The largest absolute Gasteiger partial charge is 0.493 e. The zero-order valence-electron chi connectivity index (χ0n) is 11.6. The average Bonchev–Trinajstić information content (AvgIpc) is 2.51. The maximum absolute atomic E-state index is 5.71. The van der Waals surface area contributed by atoms with E-state index in [0.29, 0.717) is 17.9 Å². The van der Waals surface area contributed by atoms with Gasteiger partial charge in [-0.05, 0) is 28.4 Å². The summed E-state index contributed by atoms with van der Waals surface area (Å²) >= 11 is 8.81. The van der Waals surface area contributed by atoms with Gasteiger partial charge in [-0.1, -0.05) is 30.4 Å². The Kier molecular flexibility index (Phi) is 4.37. The zero-order chi connectivity index (χ0) is 14.8. The van der Waals surface area contributed by atoms with Gasteiger partial charge in [-0.15, -0.1) is 0 Å². The molecule has 1 atom stereocenters. The normalized spacial score (nSPS) is 17.1. The van der Waals surface area contributed by atoms with Crippen LogP contribution in [0, 0.1) is 4.64 Å². The van der Waals surface area contributed by atoms with Crippen molar-refractivity contribution in [3.05, 3.63) is 50.5 Å². The highest BCUT2D eigenvalue weighted by Gasteiger charge is 2.25. The van der Waals surface area contributed by atoms with Crippen LogP contribution in [0.3, 0.4) is 0 Å². The Bertz CT molecular complexity index is 717. The molecule has 2 aromatic rings. The van der Waals surface area contributed by atoms with Gasteiger partial charge in [0.25, 0.3) is 0 Å². The monoisotopic (exact) mass is 366 g/mol. The number of hydrogen-bond donors (Lipinski definition) is 1. The van der Waals surface area contributed by atoms with Gasteiger partial charge in [-0.25, -0.2) is 4.98 Å². The van der Waals surface area contributed by atoms with Crippen LogP contribution >= 0.6 is 28.1 Å². The van der Waals surface area contributed by atoms with Crippen molar-refractivity contribution in [3.8, 4) is 5.75 Å². The quantitative estimate of drug-likeness (QED) is 0.835. The van der Waals surface area contributed by atoms with E-state index in [2.05, 4.69) is 32.0 Å². The third-order valence-electron chi connectivity index (χ3n) is 3.53. The predicted molar refractivity (Wildman–Crippen MR) is 86.2 cm³/mol. The molecule has 2 heterocycles. The molecule has 1 aliphatic heterocycles. The number of nitrogens with zero attached hydrogens (tertiary/aromatic N) is 1. The molecule has 1 N–H and O–H groups in total. The molecule has 4 nitrogen and oxygen atoms in total. The second-order valence-corrected chi connectivity index (χ2v) is 6.06. The molecule has 110 valence electrons. The van der Waals surface area contributed by atoms with Crippen molar-refractivity contribution >= 4 is 28.1 Å². The Morgan fingerprint density at radius 1 is 1.48 bits per heavy atom. The van der Waals surface area contributed by atoms with Gasteiger partial charge >= 0.3 is 0 Å². The first-order chi connectivity index (χ1) is 10.2. The summed E-state index contributed by atoms with van der Waals surface area (Å²) in [6, 6.07) is 8.07. The van der Waals surface area contributed by atoms with Gasteiger partial charge in [0.2, 0.25) is 0 Å². The summed E-state index contributed by atoms with van der Waals surface area (Å²) in [5, 5.41) is 0. The van der Waals surface area contributed by atoms with Gasteiger partial charge in [0.15, 0.2) is 0 Å². The van der Waals surface area contributed by atoms with Crippen LogP contribution in [0.25, 0.3) is 0 Å². The topological polar surface area (TPSA) is 47.1 Å². The third kappa shape index (κ3) is 2.88. The molecule has 21 heavy (non-hydrogen) atoms. The molecule has 1 aromatic carbocycles. The number of halogens is 1. The molecule has 0 amide bonds. The summed E-state index contributed by atoms with van der Waals surface area (Å²) in [5.41, 5.74) is 2.06. The number of H-pyrrole nitrogens is 1.